The number of aromatic nitrogens is 3. The highest BCUT2D eigenvalue weighted by molar-refractivity contribution is 6.00. The van der Waals surface area contributed by atoms with Crippen molar-refractivity contribution < 1.29 is 18.3 Å². The summed E-state index contributed by atoms with van der Waals surface area (Å²) in [5, 5.41) is 7.44. The second-order valence-corrected chi connectivity index (χ2v) is 10.7. The summed E-state index contributed by atoms with van der Waals surface area (Å²) in [5.41, 5.74) is 0.761. The Bertz CT molecular complexity index is 1200. The van der Waals surface area contributed by atoms with Crippen molar-refractivity contribution in [3.05, 3.63) is 47.3 Å². The van der Waals surface area contributed by atoms with E-state index in [1.54, 1.807) is 17.6 Å². The van der Waals surface area contributed by atoms with E-state index in [9.17, 15) is 13.6 Å². The molecule has 2 aromatic rings. The molecule has 2 saturated heterocycles. The fraction of sp³-hybridized carbons (Fsp3) is 0.577. The Morgan fingerprint density at radius 2 is 2.03 bits per heavy atom. The van der Waals surface area contributed by atoms with Gasteiger partial charge in [0.05, 0.1) is 25.5 Å². The molecular weight excluding hydrogens is 466 g/mol. The molecule has 4 heterocycles. The van der Waals surface area contributed by atoms with E-state index in [1.807, 2.05) is 24.8 Å². The summed E-state index contributed by atoms with van der Waals surface area (Å²) < 4.78 is 36.2. The number of anilines is 1. The van der Waals surface area contributed by atoms with E-state index >= 15 is 0 Å². The number of allylic oxidation sites excluding steroid dienone is 2. The van der Waals surface area contributed by atoms with E-state index in [0.717, 1.165) is 19.5 Å². The van der Waals surface area contributed by atoms with Crippen LogP contribution in [-0.2, 0) is 4.74 Å². The van der Waals surface area contributed by atoms with E-state index in [0.29, 0.717) is 55.3 Å². The van der Waals surface area contributed by atoms with Crippen LogP contribution < -0.4 is 10.2 Å². The number of nitrogens with one attached hydrogen (secondary N) is 1. The Morgan fingerprint density at radius 3 is 2.81 bits per heavy atom. The molecule has 0 aromatic carbocycles. The number of hydrogen-bond acceptors (Lipinski definition) is 6. The normalized spacial score (nSPS) is 23.9. The minimum atomic E-state index is -0.464. The Kier molecular flexibility index (Phi) is 6.82. The minimum Gasteiger partial charge on any atom is -0.379 e. The number of carbonyl (C=O) groups excluding carboxylic acids is 1. The SMILES string of the molecule is C[C@@H]1CC(F)=CC([C@H]2CCCN2c2ccn3ncc(C(=O)NC(C)(C)CN4CCOCC4)c3n2)=C1F. The summed E-state index contributed by atoms with van der Waals surface area (Å²) in [5.74, 6) is -0.621. The molecule has 0 unspecified atom stereocenters. The summed E-state index contributed by atoms with van der Waals surface area (Å²) in [7, 11) is 0. The van der Waals surface area contributed by atoms with Gasteiger partial charge in [0.25, 0.3) is 5.91 Å². The zero-order valence-corrected chi connectivity index (χ0v) is 21.1. The average Bonchev–Trinajstić information content (AvgIpc) is 3.48. The number of hydrogen-bond donors (Lipinski definition) is 1. The van der Waals surface area contributed by atoms with Crippen molar-refractivity contribution in [2.24, 2.45) is 5.92 Å². The summed E-state index contributed by atoms with van der Waals surface area (Å²) in [6.07, 6.45) is 6.30. The van der Waals surface area contributed by atoms with Crippen molar-refractivity contribution in [2.75, 3.05) is 44.3 Å². The number of carbonyl (C=O) groups is 1. The lowest BCUT2D eigenvalue weighted by atomic mass is 9.90. The molecule has 0 bridgehead atoms. The van der Waals surface area contributed by atoms with Gasteiger partial charge < -0.3 is 15.0 Å². The molecule has 2 fully saturated rings. The zero-order chi connectivity index (χ0) is 25.4. The molecule has 2 atom stereocenters. The zero-order valence-electron chi connectivity index (χ0n) is 21.1. The van der Waals surface area contributed by atoms with Gasteiger partial charge in [0.2, 0.25) is 0 Å². The Balaban J connectivity index is 1.38. The third-order valence-electron chi connectivity index (χ3n) is 7.20. The first-order valence-corrected chi connectivity index (χ1v) is 12.7. The van der Waals surface area contributed by atoms with E-state index in [1.165, 1.54) is 12.3 Å². The van der Waals surface area contributed by atoms with Crippen molar-refractivity contribution in [2.45, 2.75) is 51.6 Å². The van der Waals surface area contributed by atoms with Gasteiger partial charge >= 0.3 is 0 Å². The van der Waals surface area contributed by atoms with Crippen molar-refractivity contribution in [3.8, 4) is 0 Å². The first kappa shape index (κ1) is 24.8. The lowest BCUT2D eigenvalue weighted by Crippen LogP contribution is -2.53. The van der Waals surface area contributed by atoms with Gasteiger partial charge in [0.1, 0.15) is 23.0 Å². The molecule has 36 heavy (non-hydrogen) atoms. The van der Waals surface area contributed by atoms with Crippen molar-refractivity contribution in [3.63, 3.8) is 0 Å². The molecule has 2 aromatic heterocycles. The highest BCUT2D eigenvalue weighted by atomic mass is 19.1. The molecule has 0 saturated carbocycles. The number of nitrogens with zero attached hydrogens (tertiary/aromatic N) is 5. The van der Waals surface area contributed by atoms with Crippen molar-refractivity contribution in [1.82, 2.24) is 24.8 Å². The molecule has 194 valence electrons. The van der Waals surface area contributed by atoms with Crippen LogP contribution in [0.5, 0.6) is 0 Å². The number of ether oxygens (including phenoxy) is 1. The number of amides is 1. The van der Waals surface area contributed by atoms with Gasteiger partial charge in [0.15, 0.2) is 5.65 Å². The molecular formula is C26H34F2N6O2. The van der Waals surface area contributed by atoms with Crippen LogP contribution in [0.2, 0.25) is 0 Å². The van der Waals surface area contributed by atoms with Gasteiger partial charge in [-0.25, -0.2) is 18.3 Å². The summed E-state index contributed by atoms with van der Waals surface area (Å²) >= 11 is 0. The lowest BCUT2D eigenvalue weighted by molar-refractivity contribution is 0.0269. The molecule has 10 heteroatoms. The molecule has 8 nitrogen and oxygen atoms in total. The summed E-state index contributed by atoms with van der Waals surface area (Å²) in [4.78, 5) is 22.3. The second kappa shape index (κ2) is 9.89. The number of rotatable bonds is 6. The molecule has 1 amide bonds. The summed E-state index contributed by atoms with van der Waals surface area (Å²) in [6, 6.07) is 1.52. The van der Waals surface area contributed by atoms with E-state index in [2.05, 4.69) is 15.3 Å². The molecule has 2 aliphatic heterocycles. The van der Waals surface area contributed by atoms with Crippen LogP contribution in [0.1, 0.15) is 50.4 Å². The van der Waals surface area contributed by atoms with Crippen LogP contribution in [-0.4, -0.2) is 76.4 Å². The highest BCUT2D eigenvalue weighted by Gasteiger charge is 2.34. The topological polar surface area (TPSA) is 75.0 Å². The second-order valence-electron chi connectivity index (χ2n) is 10.7. The predicted molar refractivity (Wildman–Crippen MR) is 133 cm³/mol. The van der Waals surface area contributed by atoms with Gasteiger partial charge in [0, 0.05) is 55.8 Å². The van der Waals surface area contributed by atoms with E-state index in [-0.39, 0.29) is 30.0 Å². The maximum Gasteiger partial charge on any atom is 0.257 e. The monoisotopic (exact) mass is 500 g/mol. The third-order valence-corrected chi connectivity index (χ3v) is 7.20. The number of fused-ring (bicyclic) bond motifs is 1. The van der Waals surface area contributed by atoms with E-state index in [4.69, 9.17) is 9.72 Å². The molecule has 0 spiro atoms. The fourth-order valence-electron chi connectivity index (χ4n) is 5.49. The van der Waals surface area contributed by atoms with Crippen LogP contribution in [0.4, 0.5) is 14.6 Å². The van der Waals surface area contributed by atoms with Gasteiger partial charge in [-0.2, -0.15) is 5.10 Å². The standard InChI is InChI=1S/C26H34F2N6O2/c1-17-13-18(27)14-19(23(17)28)21-5-4-7-33(21)22-6-8-34-24(30-22)20(15-29-34)25(35)31-26(2,3)16-32-9-11-36-12-10-32/h6,8,14-15,17,21H,4-5,7,9-13,16H2,1-3H3,(H,31,35)/t17-,21-/m1/s1. The number of halogens is 2. The Morgan fingerprint density at radius 1 is 1.25 bits per heavy atom. The molecule has 1 N–H and O–H groups in total. The molecule has 3 aliphatic rings. The quantitative estimate of drug-likeness (QED) is 0.653. The van der Waals surface area contributed by atoms with Crippen LogP contribution in [0.3, 0.4) is 0 Å². The molecule has 0 radical (unpaired) electrons. The van der Waals surface area contributed by atoms with Gasteiger partial charge in [-0.1, -0.05) is 6.92 Å². The average molecular weight is 501 g/mol. The molecule has 1 aliphatic carbocycles. The largest absolute Gasteiger partial charge is 0.379 e. The van der Waals surface area contributed by atoms with Gasteiger partial charge in [-0.15, -0.1) is 0 Å². The van der Waals surface area contributed by atoms with Crippen molar-refractivity contribution in [1.29, 1.82) is 0 Å². The van der Waals surface area contributed by atoms with Crippen LogP contribution in [0.15, 0.2) is 41.8 Å². The van der Waals surface area contributed by atoms with Crippen molar-refractivity contribution >= 4 is 17.4 Å². The number of morpholine rings is 1. The third kappa shape index (κ3) is 5.01. The molecule has 5 rings (SSSR count). The maximum atomic E-state index is 15.0. The fourth-order valence-corrected chi connectivity index (χ4v) is 5.49. The summed E-state index contributed by atoms with van der Waals surface area (Å²) in [6.45, 7) is 10.2. The van der Waals surface area contributed by atoms with Gasteiger partial charge in [-0.3, -0.25) is 9.69 Å². The first-order valence-electron chi connectivity index (χ1n) is 12.7. The Hall–Kier alpha value is -2.85. The smallest absolute Gasteiger partial charge is 0.257 e. The predicted octanol–water partition coefficient (Wildman–Crippen LogP) is 3.66. The van der Waals surface area contributed by atoms with Gasteiger partial charge in [-0.05, 0) is 38.8 Å². The van der Waals surface area contributed by atoms with Crippen LogP contribution in [0.25, 0.3) is 5.65 Å². The Labute approximate surface area is 210 Å². The van der Waals surface area contributed by atoms with E-state index < -0.39 is 11.5 Å². The van der Waals surface area contributed by atoms with Crippen LogP contribution in [0, 0.1) is 5.92 Å². The van der Waals surface area contributed by atoms with Crippen LogP contribution >= 0.6 is 0 Å². The highest BCUT2D eigenvalue weighted by Crippen LogP contribution is 2.38. The minimum absolute atomic E-state index is 0.0996. The maximum absolute atomic E-state index is 15.0. The lowest BCUT2D eigenvalue weighted by Gasteiger charge is -2.35. The first-order chi connectivity index (χ1) is 17.2.